The molecule has 24 heavy (non-hydrogen) atoms. The summed E-state index contributed by atoms with van der Waals surface area (Å²) in [6.07, 6.45) is 5.15. The van der Waals surface area contributed by atoms with Crippen LogP contribution in [0.3, 0.4) is 0 Å². The van der Waals surface area contributed by atoms with E-state index in [1.165, 1.54) is 17.0 Å². The summed E-state index contributed by atoms with van der Waals surface area (Å²) in [5.41, 5.74) is 0.787. The van der Waals surface area contributed by atoms with Gasteiger partial charge in [0.15, 0.2) is 0 Å². The van der Waals surface area contributed by atoms with Crippen molar-refractivity contribution in [3.8, 4) is 0 Å². The topological polar surface area (TPSA) is 66.5 Å². The molecular formula is C18H19FN2O3. The number of likely N-dealkylation sites (tertiary alicyclic amines) is 1. The molecule has 126 valence electrons. The number of hydrogen-bond donors (Lipinski definition) is 1. The monoisotopic (exact) mass is 330 g/mol. The Morgan fingerprint density at radius 3 is 2.25 bits per heavy atom. The molecule has 1 aromatic rings. The van der Waals surface area contributed by atoms with Crippen molar-refractivity contribution in [2.75, 3.05) is 6.54 Å². The predicted octanol–water partition coefficient (Wildman–Crippen LogP) is 1.78. The third kappa shape index (κ3) is 3.37. The molecule has 6 heteroatoms. The average molecular weight is 330 g/mol. The fourth-order valence-corrected chi connectivity index (χ4v) is 3.19. The number of fused-ring (bicyclic) bond motifs is 1. The van der Waals surface area contributed by atoms with Crippen LogP contribution in [0.2, 0.25) is 0 Å². The van der Waals surface area contributed by atoms with Crippen LogP contribution in [-0.2, 0) is 20.9 Å². The lowest BCUT2D eigenvalue weighted by molar-refractivity contribution is -0.140. The van der Waals surface area contributed by atoms with E-state index < -0.39 is 0 Å². The van der Waals surface area contributed by atoms with Crippen LogP contribution in [0.4, 0.5) is 4.39 Å². The number of carbonyl (C=O) groups is 3. The van der Waals surface area contributed by atoms with Crippen LogP contribution >= 0.6 is 0 Å². The SMILES string of the molecule is O=C(CCN1C(=O)[C@@H]2CC=CC[C@H]2C1=O)NCc1ccc(F)cc1. The van der Waals surface area contributed by atoms with E-state index in [2.05, 4.69) is 5.32 Å². The molecule has 1 heterocycles. The fourth-order valence-electron chi connectivity index (χ4n) is 3.19. The number of amides is 3. The molecule has 1 saturated heterocycles. The number of hydrogen-bond acceptors (Lipinski definition) is 3. The highest BCUT2D eigenvalue weighted by Gasteiger charge is 2.46. The van der Waals surface area contributed by atoms with Gasteiger partial charge in [0.05, 0.1) is 11.8 Å². The van der Waals surface area contributed by atoms with Crippen molar-refractivity contribution in [3.05, 3.63) is 47.8 Å². The Bertz CT molecular complexity index is 658. The molecule has 1 N–H and O–H groups in total. The van der Waals surface area contributed by atoms with Crippen LogP contribution in [0.5, 0.6) is 0 Å². The highest BCUT2D eigenvalue weighted by molar-refractivity contribution is 6.05. The number of nitrogens with one attached hydrogen (secondary N) is 1. The first-order chi connectivity index (χ1) is 11.6. The molecule has 1 aliphatic carbocycles. The molecule has 1 aromatic carbocycles. The normalized spacial score (nSPS) is 22.6. The maximum absolute atomic E-state index is 12.8. The third-order valence-electron chi connectivity index (χ3n) is 4.56. The van der Waals surface area contributed by atoms with Crippen molar-refractivity contribution in [1.82, 2.24) is 10.2 Å². The van der Waals surface area contributed by atoms with E-state index in [4.69, 9.17) is 0 Å². The van der Waals surface area contributed by atoms with Gasteiger partial charge in [-0.3, -0.25) is 19.3 Å². The first-order valence-corrected chi connectivity index (χ1v) is 8.07. The quantitative estimate of drug-likeness (QED) is 0.661. The molecule has 0 spiro atoms. The first-order valence-electron chi connectivity index (χ1n) is 8.07. The zero-order valence-electron chi connectivity index (χ0n) is 13.2. The second-order valence-electron chi connectivity index (χ2n) is 6.14. The van der Waals surface area contributed by atoms with E-state index in [9.17, 15) is 18.8 Å². The number of carbonyl (C=O) groups excluding carboxylic acids is 3. The number of imide groups is 1. The molecule has 0 radical (unpaired) electrons. The van der Waals surface area contributed by atoms with E-state index >= 15 is 0 Å². The minimum atomic E-state index is -0.327. The lowest BCUT2D eigenvalue weighted by Crippen LogP contribution is -2.35. The maximum Gasteiger partial charge on any atom is 0.233 e. The minimum absolute atomic E-state index is 0.0749. The fraction of sp³-hybridized carbons (Fsp3) is 0.389. The lowest BCUT2D eigenvalue weighted by atomic mass is 9.85. The van der Waals surface area contributed by atoms with Gasteiger partial charge in [-0.2, -0.15) is 0 Å². The smallest absolute Gasteiger partial charge is 0.233 e. The Hall–Kier alpha value is -2.50. The molecule has 2 aliphatic rings. The Morgan fingerprint density at radius 1 is 1.08 bits per heavy atom. The molecule has 0 bridgehead atoms. The van der Waals surface area contributed by atoms with Crippen molar-refractivity contribution in [2.24, 2.45) is 11.8 Å². The van der Waals surface area contributed by atoms with Gasteiger partial charge in [0.2, 0.25) is 17.7 Å². The van der Waals surface area contributed by atoms with Gasteiger partial charge < -0.3 is 5.32 Å². The van der Waals surface area contributed by atoms with Crippen molar-refractivity contribution in [1.29, 1.82) is 0 Å². The van der Waals surface area contributed by atoms with Crippen LogP contribution < -0.4 is 5.32 Å². The summed E-state index contributed by atoms with van der Waals surface area (Å²) in [5.74, 6) is -1.42. The van der Waals surface area contributed by atoms with Gasteiger partial charge in [-0.05, 0) is 30.5 Å². The molecule has 0 aromatic heterocycles. The van der Waals surface area contributed by atoms with Gasteiger partial charge in [0.25, 0.3) is 0 Å². The van der Waals surface area contributed by atoms with Gasteiger partial charge in [0.1, 0.15) is 5.82 Å². The van der Waals surface area contributed by atoms with Gasteiger partial charge in [-0.15, -0.1) is 0 Å². The van der Waals surface area contributed by atoms with Gasteiger partial charge in [0, 0.05) is 19.5 Å². The summed E-state index contributed by atoms with van der Waals surface area (Å²) in [4.78, 5) is 37.7. The van der Waals surface area contributed by atoms with Gasteiger partial charge in [-0.25, -0.2) is 4.39 Å². The summed E-state index contributed by atoms with van der Waals surface area (Å²) in [6, 6.07) is 5.86. The van der Waals surface area contributed by atoms with Crippen LogP contribution in [0.1, 0.15) is 24.8 Å². The molecule has 1 fully saturated rings. The van der Waals surface area contributed by atoms with Crippen LogP contribution in [0.25, 0.3) is 0 Å². The van der Waals surface area contributed by atoms with E-state index in [0.717, 1.165) is 5.56 Å². The average Bonchev–Trinajstić information content (AvgIpc) is 2.84. The summed E-state index contributed by atoms with van der Waals surface area (Å²) < 4.78 is 12.8. The zero-order valence-corrected chi connectivity index (χ0v) is 13.2. The van der Waals surface area contributed by atoms with E-state index in [-0.39, 0.29) is 54.9 Å². The Balaban J connectivity index is 1.48. The number of nitrogens with zero attached hydrogens (tertiary/aromatic N) is 1. The minimum Gasteiger partial charge on any atom is -0.352 e. The zero-order chi connectivity index (χ0) is 17.1. The number of benzene rings is 1. The Morgan fingerprint density at radius 2 is 1.67 bits per heavy atom. The van der Waals surface area contributed by atoms with E-state index in [0.29, 0.717) is 12.8 Å². The van der Waals surface area contributed by atoms with Crippen LogP contribution in [0, 0.1) is 17.7 Å². The number of allylic oxidation sites excluding steroid dienone is 2. The molecular weight excluding hydrogens is 311 g/mol. The standard InChI is InChI=1S/C18H19FN2O3/c19-13-7-5-12(6-8-13)11-20-16(22)9-10-21-17(23)14-3-1-2-4-15(14)18(21)24/h1-2,5-8,14-15H,3-4,9-11H2,(H,20,22)/t14-,15-/m1/s1. The van der Waals surface area contributed by atoms with Crippen LogP contribution in [0.15, 0.2) is 36.4 Å². The van der Waals surface area contributed by atoms with E-state index in [1.807, 2.05) is 12.2 Å². The summed E-state index contributed by atoms with van der Waals surface area (Å²) in [5, 5.41) is 2.71. The number of rotatable bonds is 5. The van der Waals surface area contributed by atoms with Crippen molar-refractivity contribution < 1.29 is 18.8 Å². The van der Waals surface area contributed by atoms with Crippen molar-refractivity contribution in [2.45, 2.75) is 25.8 Å². The van der Waals surface area contributed by atoms with Crippen molar-refractivity contribution >= 4 is 17.7 Å². The second-order valence-corrected chi connectivity index (χ2v) is 6.14. The summed E-state index contributed by atoms with van der Waals surface area (Å²) in [6.45, 7) is 0.399. The van der Waals surface area contributed by atoms with Crippen LogP contribution in [-0.4, -0.2) is 29.2 Å². The molecule has 5 nitrogen and oxygen atoms in total. The first kappa shape index (κ1) is 16.4. The summed E-state index contributed by atoms with van der Waals surface area (Å²) >= 11 is 0. The van der Waals surface area contributed by atoms with E-state index in [1.54, 1.807) is 12.1 Å². The molecule has 3 rings (SSSR count). The molecule has 0 saturated carbocycles. The number of halogens is 1. The second kappa shape index (κ2) is 6.95. The predicted molar refractivity (Wildman–Crippen MR) is 84.9 cm³/mol. The lowest BCUT2D eigenvalue weighted by Gasteiger charge is -2.14. The van der Waals surface area contributed by atoms with Gasteiger partial charge >= 0.3 is 0 Å². The van der Waals surface area contributed by atoms with Crippen molar-refractivity contribution in [3.63, 3.8) is 0 Å². The highest BCUT2D eigenvalue weighted by Crippen LogP contribution is 2.34. The molecule has 3 amide bonds. The molecule has 2 atom stereocenters. The summed E-state index contributed by atoms with van der Waals surface area (Å²) in [7, 11) is 0. The highest BCUT2D eigenvalue weighted by atomic mass is 19.1. The maximum atomic E-state index is 12.8. The Kier molecular flexibility index (Phi) is 4.74. The van der Waals surface area contributed by atoms with Gasteiger partial charge in [-0.1, -0.05) is 24.3 Å². The largest absolute Gasteiger partial charge is 0.352 e. The Labute approximate surface area is 139 Å². The third-order valence-corrected chi connectivity index (χ3v) is 4.56. The molecule has 1 aliphatic heterocycles. The molecule has 0 unspecified atom stereocenters.